The zero-order valence-electron chi connectivity index (χ0n) is 6.70. The molecule has 0 aromatic carbocycles. The van der Waals surface area contributed by atoms with Gasteiger partial charge < -0.3 is 5.32 Å². The number of carbonyl (C=O) groups is 1. The van der Waals surface area contributed by atoms with Crippen LogP contribution in [0.25, 0.3) is 0 Å². The predicted octanol–water partition coefficient (Wildman–Crippen LogP) is 1.23. The van der Waals surface area contributed by atoms with Crippen molar-refractivity contribution in [2.75, 3.05) is 0 Å². The van der Waals surface area contributed by atoms with Gasteiger partial charge in [-0.05, 0) is 18.4 Å². The van der Waals surface area contributed by atoms with E-state index >= 15 is 0 Å². The number of hydrogen-bond donors (Lipinski definition) is 1. The van der Waals surface area contributed by atoms with Gasteiger partial charge in [-0.25, -0.2) is 0 Å². The highest BCUT2D eigenvalue weighted by molar-refractivity contribution is 7.10. The van der Waals surface area contributed by atoms with Crippen molar-refractivity contribution in [2.24, 2.45) is 0 Å². The Balaban J connectivity index is 2.53. The molecular weight excluding hydrogens is 170 g/mol. The summed E-state index contributed by atoms with van der Waals surface area (Å²) in [5, 5.41) is 4.53. The van der Waals surface area contributed by atoms with E-state index in [1.165, 1.54) is 0 Å². The number of nitrogens with one attached hydrogen (secondary N) is 1. The maximum absolute atomic E-state index is 10.0. The molecule has 0 saturated heterocycles. The molecule has 0 aliphatic carbocycles. The van der Waals surface area contributed by atoms with Gasteiger partial charge in [-0.1, -0.05) is 17.9 Å². The molecule has 1 aromatic heterocycles. The predicted molar refractivity (Wildman–Crippen MR) is 49.9 cm³/mol. The van der Waals surface area contributed by atoms with Crippen LogP contribution in [0.2, 0.25) is 0 Å². The van der Waals surface area contributed by atoms with Crippen LogP contribution in [-0.4, -0.2) is 12.5 Å². The van der Waals surface area contributed by atoms with Gasteiger partial charge in [-0.3, -0.25) is 4.79 Å². The third-order valence-electron chi connectivity index (χ3n) is 1.25. The first kappa shape index (κ1) is 8.82. The summed E-state index contributed by atoms with van der Waals surface area (Å²) in [6.45, 7) is 1.84. The highest BCUT2D eigenvalue weighted by Gasteiger charge is 1.90. The quantitative estimate of drug-likeness (QED) is 0.537. The molecule has 1 heterocycles. The maximum Gasteiger partial charge on any atom is 0.208 e. The Kier molecular flexibility index (Phi) is 3.36. The van der Waals surface area contributed by atoms with Crippen LogP contribution in [0.15, 0.2) is 17.5 Å². The molecule has 0 aliphatic heterocycles. The van der Waals surface area contributed by atoms with Crippen LogP contribution in [0.4, 0.5) is 0 Å². The molecule has 1 rings (SSSR count). The molecule has 0 aliphatic rings. The van der Waals surface area contributed by atoms with Crippen LogP contribution in [0, 0.1) is 11.8 Å². The fourth-order valence-corrected chi connectivity index (χ4v) is 1.25. The summed E-state index contributed by atoms with van der Waals surface area (Å²) in [5.41, 5.74) is 0. The van der Waals surface area contributed by atoms with E-state index < -0.39 is 0 Å². The van der Waals surface area contributed by atoms with Gasteiger partial charge in [0.1, 0.15) is 0 Å². The van der Waals surface area contributed by atoms with E-state index in [-0.39, 0.29) is 6.04 Å². The van der Waals surface area contributed by atoms with E-state index in [1.807, 2.05) is 24.4 Å². The zero-order chi connectivity index (χ0) is 8.81. The van der Waals surface area contributed by atoms with Gasteiger partial charge in [-0.2, -0.15) is 0 Å². The Labute approximate surface area is 75.6 Å². The molecule has 1 atom stereocenters. The van der Waals surface area contributed by atoms with Crippen LogP contribution in [0.1, 0.15) is 11.8 Å². The van der Waals surface area contributed by atoms with Crippen molar-refractivity contribution in [3.8, 4) is 11.8 Å². The molecule has 0 radical (unpaired) electrons. The van der Waals surface area contributed by atoms with E-state index in [4.69, 9.17) is 0 Å². The van der Waals surface area contributed by atoms with E-state index in [2.05, 4.69) is 17.2 Å². The monoisotopic (exact) mass is 179 g/mol. The van der Waals surface area contributed by atoms with E-state index in [1.54, 1.807) is 11.3 Å². The van der Waals surface area contributed by atoms with E-state index in [0.717, 1.165) is 4.88 Å². The Morgan fingerprint density at radius 3 is 3.17 bits per heavy atom. The average molecular weight is 179 g/mol. The minimum Gasteiger partial charge on any atom is -0.345 e. The maximum atomic E-state index is 10.0. The Bertz CT molecular complexity index is 294. The smallest absolute Gasteiger partial charge is 0.208 e. The molecule has 1 aromatic rings. The first-order chi connectivity index (χ1) is 5.83. The number of hydrogen-bond acceptors (Lipinski definition) is 2. The second-order valence-corrected chi connectivity index (χ2v) is 3.20. The largest absolute Gasteiger partial charge is 0.345 e. The molecule has 0 fully saturated rings. The van der Waals surface area contributed by atoms with Crippen LogP contribution in [0.3, 0.4) is 0 Å². The number of thiophene rings is 1. The first-order valence-corrected chi connectivity index (χ1v) is 4.45. The lowest BCUT2D eigenvalue weighted by molar-refractivity contribution is -0.109. The van der Waals surface area contributed by atoms with Crippen molar-refractivity contribution in [1.82, 2.24) is 5.32 Å². The summed E-state index contributed by atoms with van der Waals surface area (Å²) >= 11 is 1.59. The van der Waals surface area contributed by atoms with Crippen molar-refractivity contribution < 1.29 is 4.79 Å². The highest BCUT2D eigenvalue weighted by Crippen LogP contribution is 2.05. The molecule has 0 bridgehead atoms. The summed E-state index contributed by atoms with van der Waals surface area (Å²) in [7, 11) is 0. The molecule has 1 N–H and O–H groups in total. The van der Waals surface area contributed by atoms with Gasteiger partial charge in [-0.15, -0.1) is 11.3 Å². The van der Waals surface area contributed by atoms with Crippen LogP contribution < -0.4 is 5.32 Å². The molecule has 12 heavy (non-hydrogen) atoms. The minimum absolute atomic E-state index is 0.0791. The molecule has 0 saturated carbocycles. The van der Waals surface area contributed by atoms with E-state index in [9.17, 15) is 4.79 Å². The summed E-state index contributed by atoms with van der Waals surface area (Å²) in [5.74, 6) is 5.86. The van der Waals surface area contributed by atoms with Crippen molar-refractivity contribution in [1.29, 1.82) is 0 Å². The molecule has 2 nitrogen and oxygen atoms in total. The van der Waals surface area contributed by atoms with Gasteiger partial charge in [0.05, 0.1) is 10.9 Å². The molecule has 0 spiro atoms. The van der Waals surface area contributed by atoms with Crippen molar-refractivity contribution in [3.05, 3.63) is 22.4 Å². The van der Waals surface area contributed by atoms with Crippen molar-refractivity contribution in [2.45, 2.75) is 13.0 Å². The lowest BCUT2D eigenvalue weighted by Crippen LogP contribution is -2.21. The summed E-state index contributed by atoms with van der Waals surface area (Å²) in [6, 6.07) is 3.82. The summed E-state index contributed by atoms with van der Waals surface area (Å²) < 4.78 is 0. The topological polar surface area (TPSA) is 29.1 Å². The number of rotatable bonds is 2. The molecule has 62 valence electrons. The Morgan fingerprint density at radius 1 is 1.75 bits per heavy atom. The molecule has 1 unspecified atom stereocenters. The fourth-order valence-electron chi connectivity index (χ4n) is 0.673. The van der Waals surface area contributed by atoms with Crippen LogP contribution >= 0.6 is 11.3 Å². The lowest BCUT2D eigenvalue weighted by Gasteiger charge is -1.97. The average Bonchev–Trinajstić information content (AvgIpc) is 2.53. The number of carbonyl (C=O) groups excluding carboxylic acids is 1. The lowest BCUT2D eigenvalue weighted by atomic mass is 10.3. The third-order valence-corrected chi connectivity index (χ3v) is 2.04. The van der Waals surface area contributed by atoms with Crippen molar-refractivity contribution in [3.63, 3.8) is 0 Å². The van der Waals surface area contributed by atoms with Crippen LogP contribution in [-0.2, 0) is 4.79 Å². The van der Waals surface area contributed by atoms with Crippen LogP contribution in [0.5, 0.6) is 0 Å². The van der Waals surface area contributed by atoms with Crippen molar-refractivity contribution >= 4 is 17.7 Å². The Hall–Kier alpha value is -1.27. The zero-order valence-corrected chi connectivity index (χ0v) is 7.52. The van der Waals surface area contributed by atoms with Gasteiger partial charge in [0.2, 0.25) is 6.41 Å². The second kappa shape index (κ2) is 4.58. The second-order valence-electron chi connectivity index (χ2n) is 2.25. The highest BCUT2D eigenvalue weighted by atomic mass is 32.1. The van der Waals surface area contributed by atoms with Gasteiger partial charge >= 0.3 is 0 Å². The molecular formula is C9H9NOS. The SMILES string of the molecule is CC(C#Cc1cccs1)NC=O. The minimum atomic E-state index is -0.0791. The van der Waals surface area contributed by atoms with Gasteiger partial charge in [0, 0.05) is 0 Å². The standard InChI is InChI=1S/C9H9NOS/c1-8(10-7-11)4-5-9-3-2-6-12-9/h2-3,6-8H,1H3,(H,10,11). The normalized spacial score (nSPS) is 11.1. The fraction of sp³-hybridized carbons (Fsp3) is 0.222. The first-order valence-electron chi connectivity index (χ1n) is 3.57. The van der Waals surface area contributed by atoms with Gasteiger partial charge in [0.15, 0.2) is 0 Å². The van der Waals surface area contributed by atoms with Gasteiger partial charge in [0.25, 0.3) is 0 Å². The number of amides is 1. The third kappa shape index (κ3) is 2.77. The summed E-state index contributed by atoms with van der Waals surface area (Å²) in [6.07, 6.45) is 0.660. The summed E-state index contributed by atoms with van der Waals surface area (Å²) in [4.78, 5) is 11.0. The Morgan fingerprint density at radius 2 is 2.58 bits per heavy atom. The molecule has 1 amide bonds. The van der Waals surface area contributed by atoms with E-state index in [0.29, 0.717) is 6.41 Å². The molecule has 3 heteroatoms.